The Labute approximate surface area is 303 Å². The summed E-state index contributed by atoms with van der Waals surface area (Å²) < 4.78 is 14.0. The number of piperidine rings is 1. The number of aliphatic hydroxyl groups is 1. The number of nitrogens with zero attached hydrogens (tertiary/aromatic N) is 1. The number of rotatable bonds is 8. The highest BCUT2D eigenvalue weighted by atomic mass is 19.1. The molecule has 3 N–H and O–H groups in total. The summed E-state index contributed by atoms with van der Waals surface area (Å²) in [4.78, 5) is 14.5. The largest absolute Gasteiger partial charge is 0.481 e. The Hall–Kier alpha value is -1.50. The van der Waals surface area contributed by atoms with E-state index in [2.05, 4.69) is 69.6 Å². The maximum atomic E-state index is 14.0. The van der Waals surface area contributed by atoms with Gasteiger partial charge < -0.3 is 20.4 Å². The Kier molecular flexibility index (Phi) is 9.24. The zero-order chi connectivity index (χ0) is 36.0. The molecule has 10 unspecified atom stereocenters. The summed E-state index contributed by atoms with van der Waals surface area (Å²) in [5.74, 6) is 2.22. The molecule has 1 saturated heterocycles. The monoisotopic (exact) mass is 693 g/mol. The summed E-state index contributed by atoms with van der Waals surface area (Å²) >= 11 is 0. The van der Waals surface area contributed by atoms with Crippen molar-refractivity contribution in [1.82, 2.24) is 10.2 Å². The van der Waals surface area contributed by atoms with E-state index in [0.29, 0.717) is 59.7 Å². The van der Waals surface area contributed by atoms with Gasteiger partial charge in [-0.15, -0.1) is 6.58 Å². The molecule has 4 saturated carbocycles. The summed E-state index contributed by atoms with van der Waals surface area (Å²) in [6.07, 6.45) is 21.4. The van der Waals surface area contributed by atoms with Gasteiger partial charge in [-0.1, -0.05) is 52.8 Å². The van der Waals surface area contributed by atoms with Gasteiger partial charge in [-0.25, -0.2) is 4.39 Å². The molecule has 0 aromatic rings. The topological polar surface area (TPSA) is 72.8 Å². The Bertz CT molecular complexity index is 1410. The van der Waals surface area contributed by atoms with E-state index in [0.717, 1.165) is 45.4 Å². The van der Waals surface area contributed by atoms with Gasteiger partial charge in [-0.3, -0.25) is 4.79 Å². The molecule has 7 rings (SSSR count). The first-order chi connectivity index (χ1) is 23.5. The van der Waals surface area contributed by atoms with Crippen molar-refractivity contribution in [1.29, 1.82) is 0 Å². The standard InChI is InChI=1S/C44H69FN2O3/c1-8-30-13-20-44(46-25-28-47-26-23-39(4,50)24-27-47)22-21-41(6)33(36(30)44)9-10-35-40(5)16-14-32(38(2,3)34(40)15-17-42(35,41)7)31-11-18-43(29-45,19-12-31)37(48)49/h8,11,14,30,33-36,46,50H,1,9-10,12-13,15-29H2,2-7H3,(H,48,49). The van der Waals surface area contributed by atoms with Crippen molar-refractivity contribution in [2.75, 3.05) is 32.9 Å². The lowest BCUT2D eigenvalue weighted by Crippen LogP contribution is -2.68. The molecule has 50 heavy (non-hydrogen) atoms. The van der Waals surface area contributed by atoms with Crippen LogP contribution in [0, 0.1) is 56.7 Å². The van der Waals surface area contributed by atoms with Gasteiger partial charge in [-0.05, 0) is 159 Å². The van der Waals surface area contributed by atoms with E-state index in [9.17, 15) is 19.4 Å². The summed E-state index contributed by atoms with van der Waals surface area (Å²) in [6, 6.07) is 0. The zero-order valence-electron chi connectivity index (χ0n) is 32.4. The van der Waals surface area contributed by atoms with Crippen LogP contribution in [0.25, 0.3) is 0 Å². The van der Waals surface area contributed by atoms with Gasteiger partial charge in [0.2, 0.25) is 0 Å². The average molecular weight is 693 g/mol. The molecule has 0 aromatic carbocycles. The lowest BCUT2D eigenvalue weighted by atomic mass is 9.33. The number of allylic oxidation sites excluding steroid dienone is 5. The van der Waals surface area contributed by atoms with Crippen LogP contribution >= 0.6 is 0 Å². The summed E-state index contributed by atoms with van der Waals surface area (Å²) in [5.41, 5.74) is 2.01. The predicted octanol–water partition coefficient (Wildman–Crippen LogP) is 9.13. The first-order valence-corrected chi connectivity index (χ1v) is 20.5. The van der Waals surface area contributed by atoms with Crippen molar-refractivity contribution in [2.24, 2.45) is 56.7 Å². The minimum absolute atomic E-state index is 0.00599. The number of aliphatic carboxylic acids is 1. The van der Waals surface area contributed by atoms with E-state index in [-0.39, 0.29) is 16.4 Å². The fourth-order valence-corrected chi connectivity index (χ4v) is 14.6. The fourth-order valence-electron chi connectivity index (χ4n) is 14.6. The van der Waals surface area contributed by atoms with E-state index in [1.807, 2.05) is 6.92 Å². The third-order valence-corrected chi connectivity index (χ3v) is 17.9. The third-order valence-electron chi connectivity index (χ3n) is 17.9. The normalized spacial score (nSPS) is 46.8. The molecule has 280 valence electrons. The van der Waals surface area contributed by atoms with Gasteiger partial charge in [0.1, 0.15) is 6.67 Å². The highest BCUT2D eigenvalue weighted by Gasteiger charge is 2.70. The van der Waals surface area contributed by atoms with Crippen LogP contribution in [0.3, 0.4) is 0 Å². The van der Waals surface area contributed by atoms with Crippen LogP contribution < -0.4 is 5.32 Å². The summed E-state index contributed by atoms with van der Waals surface area (Å²) in [6.45, 7) is 22.7. The number of likely N-dealkylation sites (tertiary alicyclic amines) is 1. The number of halogens is 1. The number of carboxylic acids is 1. The van der Waals surface area contributed by atoms with E-state index in [1.165, 1.54) is 62.5 Å². The number of fused-ring (bicyclic) bond motifs is 7. The van der Waals surface area contributed by atoms with E-state index < -0.39 is 23.7 Å². The van der Waals surface area contributed by atoms with Crippen LogP contribution in [-0.4, -0.2) is 65.1 Å². The summed E-state index contributed by atoms with van der Waals surface area (Å²) in [5, 5.41) is 24.5. The van der Waals surface area contributed by atoms with Crippen molar-refractivity contribution < 1.29 is 19.4 Å². The molecule has 5 fully saturated rings. The number of alkyl halides is 1. The zero-order valence-corrected chi connectivity index (χ0v) is 32.4. The molecular weight excluding hydrogens is 623 g/mol. The molecule has 0 spiro atoms. The molecule has 1 aliphatic heterocycles. The minimum atomic E-state index is -1.24. The van der Waals surface area contributed by atoms with Crippen molar-refractivity contribution in [2.45, 2.75) is 143 Å². The highest BCUT2D eigenvalue weighted by molar-refractivity contribution is 5.75. The number of nitrogens with one attached hydrogen (secondary N) is 1. The lowest BCUT2D eigenvalue weighted by Gasteiger charge is -2.72. The average Bonchev–Trinajstić information content (AvgIpc) is 3.44. The molecule has 7 aliphatic rings. The van der Waals surface area contributed by atoms with Crippen molar-refractivity contribution in [3.05, 3.63) is 36.0 Å². The highest BCUT2D eigenvalue weighted by Crippen LogP contribution is 2.76. The number of hydrogen-bond donors (Lipinski definition) is 3. The first-order valence-electron chi connectivity index (χ1n) is 20.5. The molecule has 6 heteroatoms. The number of carboxylic acid groups (broad SMARTS) is 1. The Balaban J connectivity index is 1.11. The second-order valence-corrected chi connectivity index (χ2v) is 20.3. The smallest absolute Gasteiger partial charge is 0.312 e. The second-order valence-electron chi connectivity index (χ2n) is 20.3. The van der Waals surface area contributed by atoms with Crippen molar-refractivity contribution >= 4 is 5.97 Å². The van der Waals surface area contributed by atoms with Crippen LogP contribution in [0.1, 0.15) is 131 Å². The van der Waals surface area contributed by atoms with Crippen LogP contribution in [0.2, 0.25) is 0 Å². The maximum absolute atomic E-state index is 14.0. The maximum Gasteiger partial charge on any atom is 0.312 e. The summed E-state index contributed by atoms with van der Waals surface area (Å²) in [7, 11) is 0. The molecule has 10 atom stereocenters. The second kappa shape index (κ2) is 12.5. The predicted molar refractivity (Wildman–Crippen MR) is 200 cm³/mol. The minimum Gasteiger partial charge on any atom is -0.481 e. The molecular formula is C44H69FN2O3. The molecule has 0 bridgehead atoms. The van der Waals surface area contributed by atoms with Gasteiger partial charge in [0.15, 0.2) is 0 Å². The van der Waals surface area contributed by atoms with E-state index in [4.69, 9.17) is 0 Å². The van der Waals surface area contributed by atoms with Gasteiger partial charge in [0.25, 0.3) is 0 Å². The molecule has 1 heterocycles. The van der Waals surface area contributed by atoms with Crippen molar-refractivity contribution in [3.8, 4) is 0 Å². The third kappa shape index (κ3) is 5.40. The molecule has 0 amide bonds. The molecule has 6 aliphatic carbocycles. The van der Waals surface area contributed by atoms with Gasteiger partial charge in [-0.2, -0.15) is 0 Å². The fraction of sp³-hybridized carbons (Fsp3) is 0.841. The van der Waals surface area contributed by atoms with Crippen LogP contribution in [0.5, 0.6) is 0 Å². The molecule has 0 aromatic heterocycles. The van der Waals surface area contributed by atoms with Crippen molar-refractivity contribution in [3.63, 3.8) is 0 Å². The molecule has 5 nitrogen and oxygen atoms in total. The van der Waals surface area contributed by atoms with Crippen LogP contribution in [-0.2, 0) is 4.79 Å². The number of hydrogen-bond acceptors (Lipinski definition) is 4. The SMILES string of the molecule is C=CC1CCC2(NCCN3CCC(C)(O)CC3)CCC3(C)C(CCC4C5(C)CC=C(C6=CCC(CF)(C(=O)O)CC6)C(C)(C)C5CCC43C)C12. The van der Waals surface area contributed by atoms with Gasteiger partial charge in [0.05, 0.1) is 11.0 Å². The van der Waals surface area contributed by atoms with Gasteiger partial charge >= 0.3 is 5.97 Å². The van der Waals surface area contributed by atoms with E-state index >= 15 is 0 Å². The Morgan fingerprint density at radius 2 is 1.66 bits per heavy atom. The van der Waals surface area contributed by atoms with Gasteiger partial charge in [0, 0.05) is 31.7 Å². The Morgan fingerprint density at radius 1 is 0.920 bits per heavy atom. The van der Waals surface area contributed by atoms with Crippen LogP contribution in [0.15, 0.2) is 36.0 Å². The first kappa shape index (κ1) is 36.8. The quantitative estimate of drug-likeness (QED) is 0.221. The lowest BCUT2D eigenvalue weighted by molar-refractivity contribution is -0.220. The van der Waals surface area contributed by atoms with E-state index in [1.54, 1.807) is 0 Å². The van der Waals surface area contributed by atoms with Crippen LogP contribution in [0.4, 0.5) is 4.39 Å². The Morgan fingerprint density at radius 3 is 2.30 bits per heavy atom. The molecule has 0 radical (unpaired) electrons. The number of carbonyl (C=O) groups is 1.